The number of benzene rings is 1. The molecule has 0 aliphatic rings. The lowest BCUT2D eigenvalue weighted by Gasteiger charge is -2.21. The highest BCUT2D eigenvalue weighted by Crippen LogP contribution is 2.30. The van der Waals surface area contributed by atoms with Gasteiger partial charge in [0, 0.05) is 18.8 Å². The third kappa shape index (κ3) is 6.89. The van der Waals surface area contributed by atoms with Crippen molar-refractivity contribution in [3.8, 4) is 5.75 Å². The lowest BCUT2D eigenvalue weighted by molar-refractivity contribution is -0.157. The van der Waals surface area contributed by atoms with E-state index in [1.807, 2.05) is 26.8 Å². The van der Waals surface area contributed by atoms with Gasteiger partial charge >= 0.3 is 0 Å². The van der Waals surface area contributed by atoms with Crippen LogP contribution in [0.4, 0.5) is 0 Å². The summed E-state index contributed by atoms with van der Waals surface area (Å²) in [6.07, 6.45) is -1.39. The summed E-state index contributed by atoms with van der Waals surface area (Å²) in [6, 6.07) is 5.34. The molecule has 0 fully saturated rings. The van der Waals surface area contributed by atoms with Crippen LogP contribution in [0.2, 0.25) is 0 Å². The molecule has 0 saturated heterocycles. The van der Waals surface area contributed by atoms with Crippen molar-refractivity contribution in [1.82, 2.24) is 0 Å². The maximum atomic E-state index is 10.2. The standard InChI is InChI=1S/C12H16O5.C4H10O/c1-8-3-4-9(11(5-8)16-2)10(6-13)12(15)17-7-14;1-3-5-4-2/h3-5,7,10,12-13,15H,6H2,1-2H3;3-4H2,1-2H3. The van der Waals surface area contributed by atoms with E-state index in [9.17, 15) is 15.0 Å². The van der Waals surface area contributed by atoms with E-state index in [1.54, 1.807) is 12.1 Å². The normalized spacial score (nSPS) is 12.6. The molecule has 0 aromatic heterocycles. The highest BCUT2D eigenvalue weighted by molar-refractivity contribution is 5.41. The Bertz CT molecular complexity index is 419. The predicted octanol–water partition coefficient (Wildman–Crippen LogP) is 1.61. The second-order valence-electron chi connectivity index (χ2n) is 4.44. The number of aliphatic hydroxyl groups excluding tert-OH is 2. The monoisotopic (exact) mass is 314 g/mol. The van der Waals surface area contributed by atoms with Crippen LogP contribution >= 0.6 is 0 Å². The molecule has 1 aromatic carbocycles. The Balaban J connectivity index is 0.000000763. The largest absolute Gasteiger partial charge is 0.496 e. The summed E-state index contributed by atoms with van der Waals surface area (Å²) in [5.74, 6) is -0.187. The Hall–Kier alpha value is -1.63. The second-order valence-corrected chi connectivity index (χ2v) is 4.44. The van der Waals surface area contributed by atoms with E-state index in [4.69, 9.17) is 9.47 Å². The van der Waals surface area contributed by atoms with Gasteiger partial charge in [-0.05, 0) is 32.4 Å². The maximum absolute atomic E-state index is 10.2. The molecule has 1 rings (SSSR count). The molecule has 2 unspecified atom stereocenters. The van der Waals surface area contributed by atoms with Crippen molar-refractivity contribution >= 4 is 6.47 Å². The van der Waals surface area contributed by atoms with E-state index in [0.29, 0.717) is 11.3 Å². The third-order valence-corrected chi connectivity index (χ3v) is 2.93. The van der Waals surface area contributed by atoms with Crippen LogP contribution in [0.3, 0.4) is 0 Å². The van der Waals surface area contributed by atoms with Gasteiger partial charge < -0.3 is 24.4 Å². The molecule has 126 valence electrons. The van der Waals surface area contributed by atoms with E-state index < -0.39 is 12.2 Å². The van der Waals surface area contributed by atoms with Gasteiger partial charge in [-0.3, -0.25) is 4.79 Å². The Morgan fingerprint density at radius 3 is 2.32 bits per heavy atom. The summed E-state index contributed by atoms with van der Waals surface area (Å²) >= 11 is 0. The first-order valence-electron chi connectivity index (χ1n) is 7.15. The van der Waals surface area contributed by atoms with Crippen molar-refractivity contribution < 1.29 is 29.2 Å². The second kappa shape index (κ2) is 12.0. The Morgan fingerprint density at radius 1 is 1.27 bits per heavy atom. The number of carbonyl (C=O) groups is 1. The zero-order valence-corrected chi connectivity index (χ0v) is 13.6. The van der Waals surface area contributed by atoms with Gasteiger partial charge in [-0.2, -0.15) is 0 Å². The molecule has 2 atom stereocenters. The van der Waals surface area contributed by atoms with Gasteiger partial charge in [0.25, 0.3) is 6.47 Å². The summed E-state index contributed by atoms with van der Waals surface area (Å²) in [5.41, 5.74) is 1.59. The van der Waals surface area contributed by atoms with Crippen LogP contribution in [0, 0.1) is 6.92 Å². The quantitative estimate of drug-likeness (QED) is 0.560. The predicted molar refractivity (Wildman–Crippen MR) is 82.9 cm³/mol. The molecule has 1 aromatic rings. The van der Waals surface area contributed by atoms with E-state index in [0.717, 1.165) is 18.8 Å². The van der Waals surface area contributed by atoms with Crippen molar-refractivity contribution in [1.29, 1.82) is 0 Å². The summed E-state index contributed by atoms with van der Waals surface area (Å²) in [7, 11) is 1.50. The summed E-state index contributed by atoms with van der Waals surface area (Å²) in [5, 5.41) is 18.8. The van der Waals surface area contributed by atoms with Gasteiger partial charge in [0.05, 0.1) is 19.6 Å². The lowest BCUT2D eigenvalue weighted by atomic mass is 9.97. The fourth-order valence-electron chi connectivity index (χ4n) is 1.82. The van der Waals surface area contributed by atoms with E-state index >= 15 is 0 Å². The minimum Gasteiger partial charge on any atom is -0.496 e. The zero-order valence-electron chi connectivity index (χ0n) is 13.6. The highest BCUT2D eigenvalue weighted by Gasteiger charge is 2.24. The first-order chi connectivity index (χ1) is 10.5. The first kappa shape index (κ1) is 20.4. The zero-order chi connectivity index (χ0) is 17.0. The molecule has 0 radical (unpaired) electrons. The van der Waals surface area contributed by atoms with Crippen molar-refractivity contribution in [2.24, 2.45) is 0 Å². The topological polar surface area (TPSA) is 85.2 Å². The average molecular weight is 314 g/mol. The number of hydrogen-bond acceptors (Lipinski definition) is 6. The number of aryl methyl sites for hydroxylation is 1. The molecule has 0 bridgehead atoms. The van der Waals surface area contributed by atoms with Gasteiger partial charge in [-0.15, -0.1) is 0 Å². The average Bonchev–Trinajstić information content (AvgIpc) is 2.51. The van der Waals surface area contributed by atoms with E-state index in [-0.39, 0.29) is 13.1 Å². The molecule has 0 heterocycles. The molecular weight excluding hydrogens is 288 g/mol. The van der Waals surface area contributed by atoms with Gasteiger partial charge in [0.15, 0.2) is 0 Å². The van der Waals surface area contributed by atoms with Crippen molar-refractivity contribution in [2.75, 3.05) is 26.9 Å². The van der Waals surface area contributed by atoms with Gasteiger partial charge in [-0.25, -0.2) is 0 Å². The number of ether oxygens (including phenoxy) is 3. The SMILES string of the molecule is CCOCC.COc1cc(C)ccc1C(CO)C(O)OC=O. The lowest BCUT2D eigenvalue weighted by Crippen LogP contribution is -2.24. The number of aliphatic hydroxyl groups is 2. The third-order valence-electron chi connectivity index (χ3n) is 2.93. The highest BCUT2D eigenvalue weighted by atomic mass is 16.6. The Morgan fingerprint density at radius 2 is 1.91 bits per heavy atom. The van der Waals surface area contributed by atoms with Gasteiger partial charge in [-0.1, -0.05) is 12.1 Å². The maximum Gasteiger partial charge on any atom is 0.295 e. The smallest absolute Gasteiger partial charge is 0.295 e. The van der Waals surface area contributed by atoms with Crippen LogP contribution in [0.15, 0.2) is 18.2 Å². The number of carbonyl (C=O) groups excluding carboxylic acids is 1. The Kier molecular flexibility index (Phi) is 11.1. The van der Waals surface area contributed by atoms with Crippen LogP contribution in [-0.2, 0) is 14.3 Å². The minimum absolute atomic E-state index is 0.147. The van der Waals surface area contributed by atoms with E-state index in [1.165, 1.54) is 7.11 Å². The molecule has 22 heavy (non-hydrogen) atoms. The molecule has 6 nitrogen and oxygen atoms in total. The van der Waals surface area contributed by atoms with Crippen molar-refractivity contribution in [2.45, 2.75) is 33.0 Å². The minimum atomic E-state index is -1.39. The van der Waals surface area contributed by atoms with Crippen LogP contribution in [0.5, 0.6) is 5.75 Å². The number of hydrogen-bond donors (Lipinski definition) is 2. The van der Waals surface area contributed by atoms with Crippen LogP contribution in [0.25, 0.3) is 0 Å². The van der Waals surface area contributed by atoms with Gasteiger partial charge in [0.1, 0.15) is 5.75 Å². The molecule has 0 saturated carbocycles. The number of methoxy groups -OCH3 is 1. The molecule has 0 spiro atoms. The molecule has 2 N–H and O–H groups in total. The van der Waals surface area contributed by atoms with Crippen LogP contribution < -0.4 is 4.74 Å². The van der Waals surface area contributed by atoms with Crippen LogP contribution in [-0.4, -0.2) is 49.9 Å². The van der Waals surface area contributed by atoms with Crippen LogP contribution in [0.1, 0.15) is 30.9 Å². The fourth-order valence-corrected chi connectivity index (χ4v) is 1.82. The van der Waals surface area contributed by atoms with Crippen molar-refractivity contribution in [3.63, 3.8) is 0 Å². The van der Waals surface area contributed by atoms with E-state index in [2.05, 4.69) is 4.74 Å². The van der Waals surface area contributed by atoms with Gasteiger partial charge in [0.2, 0.25) is 6.29 Å². The molecule has 0 aliphatic carbocycles. The summed E-state index contributed by atoms with van der Waals surface area (Å²) in [4.78, 5) is 10.2. The first-order valence-corrected chi connectivity index (χ1v) is 7.15. The van der Waals surface area contributed by atoms with Crippen molar-refractivity contribution in [3.05, 3.63) is 29.3 Å². The Labute approximate surface area is 131 Å². The molecule has 6 heteroatoms. The molecule has 0 amide bonds. The molecule has 0 aliphatic heterocycles. The summed E-state index contributed by atoms with van der Waals surface area (Å²) < 4.78 is 14.4. The fraction of sp³-hybridized carbons (Fsp3) is 0.562. The molecular formula is C16H26O6. The summed E-state index contributed by atoms with van der Waals surface area (Å²) in [6.45, 7) is 7.36. The number of rotatable bonds is 8.